The predicted octanol–water partition coefficient (Wildman–Crippen LogP) is 4.05. The molecule has 2 fully saturated rings. The van der Waals surface area contributed by atoms with Crippen LogP contribution < -0.4 is 0 Å². The maximum Gasteiger partial charge on any atom is 0.184 e. The first kappa shape index (κ1) is 14.0. The Morgan fingerprint density at radius 1 is 1.30 bits per heavy atom. The van der Waals surface area contributed by atoms with Gasteiger partial charge in [-0.05, 0) is 37.8 Å². The van der Waals surface area contributed by atoms with Gasteiger partial charge in [-0.1, -0.05) is 30.9 Å². The zero-order valence-corrected chi connectivity index (χ0v) is 12.4. The van der Waals surface area contributed by atoms with Crippen molar-refractivity contribution in [3.63, 3.8) is 0 Å². The maximum absolute atomic E-state index is 12.6. The van der Waals surface area contributed by atoms with Crippen molar-refractivity contribution in [1.82, 2.24) is 4.98 Å². The number of nitrogens with zero attached hydrogens (tertiary/aromatic N) is 1. The van der Waals surface area contributed by atoms with Crippen LogP contribution in [0.3, 0.4) is 0 Å². The average Bonchev–Trinajstić information content (AvgIpc) is 2.48. The van der Waals surface area contributed by atoms with Crippen molar-refractivity contribution in [2.45, 2.75) is 50.5 Å². The third-order valence-electron chi connectivity index (χ3n) is 4.61. The lowest BCUT2D eigenvalue weighted by atomic mass is 9.74. The van der Waals surface area contributed by atoms with E-state index in [4.69, 9.17) is 16.3 Å². The van der Waals surface area contributed by atoms with Gasteiger partial charge in [0, 0.05) is 18.7 Å². The molecule has 4 heteroatoms. The molecular weight excluding hydrogens is 274 g/mol. The smallest absolute Gasteiger partial charge is 0.184 e. The minimum Gasteiger partial charge on any atom is -0.375 e. The molecule has 3 nitrogen and oxygen atoms in total. The fourth-order valence-corrected chi connectivity index (χ4v) is 3.64. The molecule has 20 heavy (non-hydrogen) atoms. The second kappa shape index (κ2) is 5.82. The number of ether oxygens (including phenoxy) is 1. The molecule has 1 aromatic heterocycles. The molecule has 1 spiro atoms. The zero-order chi connectivity index (χ0) is 14.0. The lowest BCUT2D eigenvalue weighted by Crippen LogP contribution is -2.43. The van der Waals surface area contributed by atoms with Crippen molar-refractivity contribution in [2.75, 3.05) is 6.61 Å². The molecule has 1 aromatic rings. The van der Waals surface area contributed by atoms with E-state index in [0.717, 1.165) is 25.7 Å². The topological polar surface area (TPSA) is 39.2 Å². The van der Waals surface area contributed by atoms with Gasteiger partial charge in [0.15, 0.2) is 5.78 Å². The highest BCUT2D eigenvalue weighted by Crippen LogP contribution is 2.41. The Bertz CT molecular complexity index is 474. The Balaban J connectivity index is 1.73. The largest absolute Gasteiger partial charge is 0.375 e. The van der Waals surface area contributed by atoms with Crippen LogP contribution in [0.25, 0.3) is 0 Å². The number of halogens is 1. The fraction of sp³-hybridized carbons (Fsp3) is 0.625. The number of aromatic nitrogens is 1. The standard InChI is InChI=1S/C16H20ClNO2/c17-13-4-5-14(18-11-13)15(19)12-6-9-20-16(10-12)7-2-1-3-8-16/h4-5,11-12H,1-3,6-10H2. The van der Waals surface area contributed by atoms with E-state index < -0.39 is 0 Å². The molecule has 0 radical (unpaired) electrons. The van der Waals surface area contributed by atoms with Gasteiger partial charge in [-0.25, -0.2) is 0 Å². The van der Waals surface area contributed by atoms with E-state index >= 15 is 0 Å². The number of rotatable bonds is 2. The maximum atomic E-state index is 12.6. The second-order valence-corrected chi connectivity index (χ2v) is 6.44. The third-order valence-corrected chi connectivity index (χ3v) is 4.83. The fourth-order valence-electron chi connectivity index (χ4n) is 3.53. The summed E-state index contributed by atoms with van der Waals surface area (Å²) in [5.74, 6) is 0.199. The summed E-state index contributed by atoms with van der Waals surface area (Å²) in [7, 11) is 0. The first-order valence-corrected chi connectivity index (χ1v) is 7.86. The minimum atomic E-state index is -0.0384. The Morgan fingerprint density at radius 2 is 2.10 bits per heavy atom. The molecule has 1 saturated carbocycles. The molecule has 0 amide bonds. The van der Waals surface area contributed by atoms with Crippen LogP contribution in [0.4, 0.5) is 0 Å². The number of hydrogen-bond donors (Lipinski definition) is 0. The van der Waals surface area contributed by atoms with E-state index in [1.54, 1.807) is 18.3 Å². The first-order valence-electron chi connectivity index (χ1n) is 7.48. The number of Topliss-reactive ketones (excluding diaryl/α,β-unsaturated/α-hetero) is 1. The molecule has 0 aromatic carbocycles. The van der Waals surface area contributed by atoms with Gasteiger partial charge in [-0.3, -0.25) is 9.78 Å². The molecule has 1 atom stereocenters. The summed E-state index contributed by atoms with van der Waals surface area (Å²) in [6.07, 6.45) is 9.16. The summed E-state index contributed by atoms with van der Waals surface area (Å²) < 4.78 is 6.05. The summed E-state index contributed by atoms with van der Waals surface area (Å²) in [6.45, 7) is 0.698. The Kier molecular flexibility index (Phi) is 4.08. The Hall–Kier alpha value is -0.930. The average molecular weight is 294 g/mol. The number of pyridine rings is 1. The molecular formula is C16H20ClNO2. The minimum absolute atomic E-state index is 0.0384. The van der Waals surface area contributed by atoms with Crippen LogP contribution in [0.2, 0.25) is 5.02 Å². The number of ketones is 1. The molecule has 2 aliphatic rings. The molecule has 0 bridgehead atoms. The molecule has 2 heterocycles. The highest BCUT2D eigenvalue weighted by Gasteiger charge is 2.40. The molecule has 1 saturated heterocycles. The van der Waals surface area contributed by atoms with Crippen molar-refractivity contribution >= 4 is 17.4 Å². The number of carbonyl (C=O) groups is 1. The van der Waals surface area contributed by atoms with Crippen LogP contribution in [0.15, 0.2) is 18.3 Å². The van der Waals surface area contributed by atoms with Gasteiger partial charge >= 0.3 is 0 Å². The molecule has 3 rings (SSSR count). The van der Waals surface area contributed by atoms with Gasteiger partial charge in [0.1, 0.15) is 5.69 Å². The number of hydrogen-bond acceptors (Lipinski definition) is 3. The summed E-state index contributed by atoms with van der Waals surface area (Å²) in [5.41, 5.74) is 0.496. The highest BCUT2D eigenvalue weighted by molar-refractivity contribution is 6.30. The SMILES string of the molecule is O=C(c1ccc(Cl)cn1)C1CCOC2(CCCCC2)C1. The molecule has 1 aliphatic carbocycles. The van der Waals surface area contributed by atoms with E-state index in [0.29, 0.717) is 17.3 Å². The lowest BCUT2D eigenvalue weighted by Gasteiger charge is -2.43. The van der Waals surface area contributed by atoms with Crippen LogP contribution in [-0.2, 0) is 4.74 Å². The molecule has 108 valence electrons. The molecule has 0 N–H and O–H groups in total. The zero-order valence-electron chi connectivity index (χ0n) is 11.6. The van der Waals surface area contributed by atoms with Gasteiger partial charge in [-0.15, -0.1) is 0 Å². The van der Waals surface area contributed by atoms with Crippen molar-refractivity contribution in [3.05, 3.63) is 29.0 Å². The van der Waals surface area contributed by atoms with Gasteiger partial charge in [0.2, 0.25) is 0 Å². The first-order chi connectivity index (χ1) is 9.69. The number of carbonyl (C=O) groups excluding carboxylic acids is 1. The lowest BCUT2D eigenvalue weighted by molar-refractivity contribution is -0.111. The van der Waals surface area contributed by atoms with E-state index in [2.05, 4.69) is 4.98 Å². The Morgan fingerprint density at radius 3 is 2.80 bits per heavy atom. The summed E-state index contributed by atoms with van der Waals surface area (Å²) in [6, 6.07) is 3.46. The van der Waals surface area contributed by atoms with E-state index in [-0.39, 0.29) is 17.3 Å². The Labute approximate surface area is 124 Å². The van der Waals surface area contributed by atoms with E-state index in [9.17, 15) is 4.79 Å². The van der Waals surface area contributed by atoms with Crippen LogP contribution in [0.5, 0.6) is 0 Å². The predicted molar refractivity (Wildman–Crippen MR) is 78.1 cm³/mol. The van der Waals surface area contributed by atoms with E-state index in [1.807, 2.05) is 0 Å². The van der Waals surface area contributed by atoms with Gasteiger partial charge in [-0.2, -0.15) is 0 Å². The molecule has 1 aliphatic heterocycles. The summed E-state index contributed by atoms with van der Waals surface area (Å²) in [4.78, 5) is 16.7. The van der Waals surface area contributed by atoms with Gasteiger partial charge in [0.25, 0.3) is 0 Å². The normalized spacial score (nSPS) is 25.6. The van der Waals surface area contributed by atoms with Gasteiger partial charge < -0.3 is 4.74 Å². The van der Waals surface area contributed by atoms with Crippen LogP contribution >= 0.6 is 11.6 Å². The summed E-state index contributed by atoms with van der Waals surface area (Å²) >= 11 is 5.82. The van der Waals surface area contributed by atoms with Crippen LogP contribution in [-0.4, -0.2) is 23.0 Å². The van der Waals surface area contributed by atoms with Crippen molar-refractivity contribution < 1.29 is 9.53 Å². The summed E-state index contributed by atoms with van der Waals surface area (Å²) in [5, 5.41) is 0.567. The van der Waals surface area contributed by atoms with Crippen LogP contribution in [0.1, 0.15) is 55.4 Å². The van der Waals surface area contributed by atoms with E-state index in [1.165, 1.54) is 19.3 Å². The molecule has 1 unspecified atom stereocenters. The van der Waals surface area contributed by atoms with Crippen LogP contribution in [0, 0.1) is 5.92 Å². The monoisotopic (exact) mass is 293 g/mol. The third kappa shape index (κ3) is 2.89. The van der Waals surface area contributed by atoms with Gasteiger partial charge in [0.05, 0.1) is 10.6 Å². The van der Waals surface area contributed by atoms with Crippen molar-refractivity contribution in [2.24, 2.45) is 5.92 Å². The van der Waals surface area contributed by atoms with Crippen molar-refractivity contribution in [1.29, 1.82) is 0 Å². The quantitative estimate of drug-likeness (QED) is 0.772. The van der Waals surface area contributed by atoms with Crippen molar-refractivity contribution in [3.8, 4) is 0 Å². The highest BCUT2D eigenvalue weighted by atomic mass is 35.5. The second-order valence-electron chi connectivity index (χ2n) is 6.01.